The van der Waals surface area contributed by atoms with E-state index in [0.29, 0.717) is 36.2 Å². The minimum atomic E-state index is -4.65. The third-order valence-corrected chi connectivity index (χ3v) is 4.39. The van der Waals surface area contributed by atoms with Crippen LogP contribution in [0.2, 0.25) is 0 Å². The average Bonchev–Trinajstić information content (AvgIpc) is 3.17. The smallest absolute Gasteiger partial charge is 0.336 e. The summed E-state index contributed by atoms with van der Waals surface area (Å²) in [6.45, 7) is 0.949. The van der Waals surface area contributed by atoms with Gasteiger partial charge in [0.2, 0.25) is 5.91 Å². The number of urea groups is 1. The number of nitrogens with one attached hydrogen (secondary N) is 3. The van der Waals surface area contributed by atoms with Gasteiger partial charge in [-0.15, -0.1) is 11.3 Å². The van der Waals surface area contributed by atoms with Crippen LogP contribution in [0.4, 0.5) is 28.8 Å². The van der Waals surface area contributed by atoms with Gasteiger partial charge in [0.1, 0.15) is 5.69 Å². The Morgan fingerprint density at radius 2 is 2.15 bits per heavy atom. The molecule has 0 saturated carbocycles. The monoisotopic (exact) mass is 387 g/mol. The van der Waals surface area contributed by atoms with Crippen LogP contribution in [-0.2, 0) is 17.4 Å². The highest BCUT2D eigenvalue weighted by atomic mass is 32.1. The van der Waals surface area contributed by atoms with E-state index in [1.807, 2.05) is 4.98 Å². The molecule has 2 aromatic rings. The first-order valence-electron chi connectivity index (χ1n) is 7.33. The van der Waals surface area contributed by atoms with Gasteiger partial charge in [0, 0.05) is 24.7 Å². The third-order valence-electron chi connectivity index (χ3n) is 3.47. The molecule has 0 radical (unpaired) electrons. The lowest BCUT2D eigenvalue weighted by atomic mass is 10.2. The maximum Gasteiger partial charge on any atom is 0.417 e. The van der Waals surface area contributed by atoms with E-state index < -0.39 is 28.9 Å². The Bertz CT molecular complexity index is 908. The fourth-order valence-corrected chi connectivity index (χ4v) is 3.10. The number of hydrogen-bond donors (Lipinski definition) is 3. The zero-order valence-electron chi connectivity index (χ0n) is 13.0. The van der Waals surface area contributed by atoms with Crippen molar-refractivity contribution in [2.75, 3.05) is 23.3 Å². The Kier molecular flexibility index (Phi) is 4.68. The highest BCUT2D eigenvalue weighted by Gasteiger charge is 2.31. The topological polar surface area (TPSA) is 107 Å². The summed E-state index contributed by atoms with van der Waals surface area (Å²) in [7, 11) is 0. The lowest BCUT2D eigenvalue weighted by molar-refractivity contribution is -0.137. The molecule has 1 fully saturated rings. The first-order chi connectivity index (χ1) is 12.2. The van der Waals surface area contributed by atoms with Crippen molar-refractivity contribution >= 4 is 34.1 Å². The summed E-state index contributed by atoms with van der Waals surface area (Å²) in [6, 6.07) is 0.281. The number of H-pyrrole nitrogens is 1. The molecule has 26 heavy (non-hydrogen) atoms. The van der Waals surface area contributed by atoms with Gasteiger partial charge in [-0.3, -0.25) is 14.5 Å². The van der Waals surface area contributed by atoms with Crippen LogP contribution >= 0.6 is 11.3 Å². The molecular weight excluding hydrogens is 375 g/mol. The Balaban J connectivity index is 1.69. The number of pyridine rings is 1. The predicted molar refractivity (Wildman–Crippen MR) is 87.3 cm³/mol. The maximum absolute atomic E-state index is 12.7. The highest BCUT2D eigenvalue weighted by Crippen LogP contribution is 2.29. The molecule has 0 atom stereocenters. The second-order valence-corrected chi connectivity index (χ2v) is 6.20. The summed E-state index contributed by atoms with van der Waals surface area (Å²) >= 11 is 1.17. The molecule has 2 aromatic heterocycles. The Morgan fingerprint density at radius 3 is 2.81 bits per heavy atom. The number of thiazole rings is 1. The molecule has 0 bridgehead atoms. The van der Waals surface area contributed by atoms with E-state index in [1.165, 1.54) is 16.2 Å². The van der Waals surface area contributed by atoms with E-state index in [4.69, 9.17) is 0 Å². The first kappa shape index (κ1) is 17.9. The normalized spacial score (nSPS) is 14.4. The number of alkyl halides is 3. The van der Waals surface area contributed by atoms with Crippen LogP contribution in [0, 0.1) is 0 Å². The van der Waals surface area contributed by atoms with E-state index in [0.717, 1.165) is 0 Å². The molecule has 3 rings (SSSR count). The van der Waals surface area contributed by atoms with Crippen molar-refractivity contribution in [1.82, 2.24) is 15.3 Å². The van der Waals surface area contributed by atoms with E-state index in [2.05, 4.69) is 15.6 Å². The second-order valence-electron chi connectivity index (χ2n) is 5.36. The predicted octanol–water partition coefficient (Wildman–Crippen LogP) is 1.56. The molecule has 12 heteroatoms. The Labute approximate surface area is 148 Å². The van der Waals surface area contributed by atoms with Crippen LogP contribution in [0.3, 0.4) is 0 Å². The second kappa shape index (κ2) is 6.78. The van der Waals surface area contributed by atoms with Gasteiger partial charge in [-0.2, -0.15) is 13.2 Å². The third kappa shape index (κ3) is 3.85. The Hall–Kier alpha value is -2.89. The number of hydrogen-bond acceptors (Lipinski definition) is 5. The minimum Gasteiger partial charge on any atom is -0.336 e. The quantitative estimate of drug-likeness (QED) is 0.740. The summed E-state index contributed by atoms with van der Waals surface area (Å²) in [5.74, 6) is -0.697. The van der Waals surface area contributed by atoms with Gasteiger partial charge >= 0.3 is 12.2 Å². The van der Waals surface area contributed by atoms with Crippen LogP contribution in [0.25, 0.3) is 0 Å². The van der Waals surface area contributed by atoms with Crippen LogP contribution in [0.5, 0.6) is 0 Å². The largest absolute Gasteiger partial charge is 0.417 e. The van der Waals surface area contributed by atoms with Crippen LogP contribution in [0.1, 0.15) is 11.3 Å². The molecule has 3 heterocycles. The molecule has 8 nitrogen and oxygen atoms in total. The number of nitrogens with zero attached hydrogens (tertiary/aromatic N) is 2. The molecule has 138 valence electrons. The number of halogens is 3. The summed E-state index contributed by atoms with van der Waals surface area (Å²) in [5.41, 5.74) is -2.09. The van der Waals surface area contributed by atoms with Crippen molar-refractivity contribution in [3.63, 3.8) is 0 Å². The molecule has 0 unspecified atom stereocenters. The molecule has 0 aromatic carbocycles. The fourth-order valence-electron chi connectivity index (χ4n) is 2.25. The fraction of sp³-hybridized carbons (Fsp3) is 0.286. The van der Waals surface area contributed by atoms with E-state index in [1.54, 1.807) is 5.38 Å². The van der Waals surface area contributed by atoms with Crippen molar-refractivity contribution in [3.8, 4) is 0 Å². The Morgan fingerprint density at radius 1 is 1.38 bits per heavy atom. The van der Waals surface area contributed by atoms with Gasteiger partial charge < -0.3 is 15.6 Å². The van der Waals surface area contributed by atoms with Crippen LogP contribution in [-0.4, -0.2) is 35.0 Å². The summed E-state index contributed by atoms with van der Waals surface area (Å²) in [5, 5.41) is 6.75. The summed E-state index contributed by atoms with van der Waals surface area (Å²) in [4.78, 5) is 42.7. The molecule has 1 aliphatic rings. The van der Waals surface area contributed by atoms with Crippen molar-refractivity contribution < 1.29 is 22.8 Å². The molecule has 3 N–H and O–H groups in total. The number of rotatable bonds is 4. The standard InChI is InChI=1S/C14H12F3N5O3S/c15-14(16,17)7-3-9(11(24)19-5-7)21-10(23)4-8-6-26-13(20-8)22-2-1-18-12(22)25/h3,5-6H,1-2,4H2,(H,18,25)(H,19,24)(H,21,23). The molecule has 0 spiro atoms. The molecule has 0 aliphatic carbocycles. The number of aromatic nitrogens is 2. The average molecular weight is 387 g/mol. The van der Waals surface area contributed by atoms with Crippen LogP contribution in [0.15, 0.2) is 22.4 Å². The molecular formula is C14H12F3N5O3S. The molecule has 3 amide bonds. The molecule has 1 aliphatic heterocycles. The van der Waals surface area contributed by atoms with E-state index in [9.17, 15) is 27.6 Å². The van der Waals surface area contributed by atoms with Crippen molar-refractivity contribution in [1.29, 1.82) is 0 Å². The number of carbonyl (C=O) groups is 2. The van der Waals surface area contributed by atoms with Crippen molar-refractivity contribution in [2.45, 2.75) is 12.6 Å². The number of carbonyl (C=O) groups excluding carboxylic acids is 2. The molecule has 1 saturated heterocycles. The lowest BCUT2D eigenvalue weighted by Crippen LogP contribution is -2.27. The van der Waals surface area contributed by atoms with Gasteiger partial charge in [-0.1, -0.05) is 0 Å². The number of anilines is 2. The van der Waals surface area contributed by atoms with Gasteiger partial charge in [-0.05, 0) is 6.07 Å². The highest BCUT2D eigenvalue weighted by molar-refractivity contribution is 7.14. The van der Waals surface area contributed by atoms with Gasteiger partial charge in [-0.25, -0.2) is 9.78 Å². The minimum absolute atomic E-state index is 0.248. The first-order valence-corrected chi connectivity index (χ1v) is 8.21. The van der Waals surface area contributed by atoms with Crippen LogP contribution < -0.4 is 21.1 Å². The zero-order chi connectivity index (χ0) is 18.9. The van der Waals surface area contributed by atoms with E-state index >= 15 is 0 Å². The summed E-state index contributed by atoms with van der Waals surface area (Å²) < 4.78 is 38.1. The SMILES string of the molecule is O=C(Cc1csc(N2CCNC2=O)n1)Nc1cc(C(F)(F)F)c[nH]c1=O. The van der Waals surface area contributed by atoms with Gasteiger partial charge in [0.15, 0.2) is 5.13 Å². The van der Waals surface area contributed by atoms with Crippen molar-refractivity contribution in [2.24, 2.45) is 0 Å². The van der Waals surface area contributed by atoms with Gasteiger partial charge in [0.05, 0.1) is 17.7 Å². The van der Waals surface area contributed by atoms with Gasteiger partial charge in [0.25, 0.3) is 5.56 Å². The number of aromatic amines is 1. The zero-order valence-corrected chi connectivity index (χ0v) is 13.8. The summed E-state index contributed by atoms with van der Waals surface area (Å²) in [6.07, 6.45) is -4.36. The maximum atomic E-state index is 12.7. The van der Waals surface area contributed by atoms with Crippen molar-refractivity contribution in [3.05, 3.63) is 39.3 Å². The van der Waals surface area contributed by atoms with E-state index in [-0.39, 0.29) is 12.5 Å². The lowest BCUT2D eigenvalue weighted by Gasteiger charge is -2.09. The number of amides is 3.